The summed E-state index contributed by atoms with van der Waals surface area (Å²) < 4.78 is 0. The molecule has 0 fully saturated rings. The van der Waals surface area contributed by atoms with Gasteiger partial charge in [-0.1, -0.05) is 82.7 Å². The molecule has 118 valence electrons. The lowest BCUT2D eigenvalue weighted by atomic mass is 9.88. The predicted molar refractivity (Wildman–Crippen MR) is 98.5 cm³/mol. The maximum atomic E-state index is 3.85. The minimum Gasteiger partial charge on any atom is -0.0991 e. The van der Waals surface area contributed by atoms with Gasteiger partial charge in [0.05, 0.1) is 0 Å². The molecule has 0 aromatic heterocycles. The van der Waals surface area contributed by atoms with E-state index < -0.39 is 0 Å². The number of hydrogen-bond acceptors (Lipinski definition) is 0. The first kappa shape index (κ1) is 19.7. The van der Waals surface area contributed by atoms with E-state index in [9.17, 15) is 0 Å². The Morgan fingerprint density at radius 1 is 1.10 bits per heavy atom. The number of allylic oxidation sites excluding steroid dienone is 9. The Labute approximate surface area is 133 Å². The molecule has 0 rings (SSSR count). The standard InChI is InChI=1S/C21H34/c1-6-10-11-12-13-14-15-16-18-20(9-4)21(17-7-2)19(5)8-3/h7,9,12-15,17,19H,2,6,8,10-11,16,18H2,1,3-5H3/b13-12+,15-14-,20-9-,21-17-. The van der Waals surface area contributed by atoms with E-state index in [0.29, 0.717) is 5.92 Å². The van der Waals surface area contributed by atoms with E-state index in [1.165, 1.54) is 36.8 Å². The van der Waals surface area contributed by atoms with Crippen LogP contribution in [0.4, 0.5) is 0 Å². The van der Waals surface area contributed by atoms with Gasteiger partial charge in [-0.05, 0) is 49.7 Å². The van der Waals surface area contributed by atoms with Crippen LogP contribution in [-0.2, 0) is 0 Å². The maximum Gasteiger partial charge on any atom is -0.0190 e. The molecular formula is C21H34. The first-order chi connectivity index (χ1) is 10.2. The molecule has 0 aliphatic rings. The zero-order chi connectivity index (χ0) is 15.9. The summed E-state index contributed by atoms with van der Waals surface area (Å²) in [5.41, 5.74) is 2.91. The fourth-order valence-electron chi connectivity index (χ4n) is 2.30. The zero-order valence-electron chi connectivity index (χ0n) is 14.6. The molecule has 0 nitrogen and oxygen atoms in total. The summed E-state index contributed by atoms with van der Waals surface area (Å²) in [5.74, 6) is 0.604. The fourth-order valence-corrected chi connectivity index (χ4v) is 2.30. The lowest BCUT2D eigenvalue weighted by Crippen LogP contribution is -2.01. The molecule has 0 heteroatoms. The van der Waals surface area contributed by atoms with Gasteiger partial charge >= 0.3 is 0 Å². The molecule has 0 N–H and O–H groups in total. The van der Waals surface area contributed by atoms with Gasteiger partial charge in [-0.3, -0.25) is 0 Å². The Bertz CT molecular complexity index is 377. The first-order valence-corrected chi connectivity index (χ1v) is 8.50. The molecule has 0 saturated carbocycles. The van der Waals surface area contributed by atoms with Gasteiger partial charge in [0.2, 0.25) is 0 Å². The van der Waals surface area contributed by atoms with Crippen LogP contribution in [-0.4, -0.2) is 0 Å². The second-order valence-corrected chi connectivity index (χ2v) is 5.52. The van der Waals surface area contributed by atoms with Gasteiger partial charge in [-0.15, -0.1) is 0 Å². The van der Waals surface area contributed by atoms with E-state index >= 15 is 0 Å². The molecule has 0 aromatic carbocycles. The lowest BCUT2D eigenvalue weighted by molar-refractivity contribution is 0.654. The van der Waals surface area contributed by atoms with Crippen LogP contribution < -0.4 is 0 Å². The average molecular weight is 287 g/mol. The molecule has 0 radical (unpaired) electrons. The third-order valence-corrected chi connectivity index (χ3v) is 3.85. The van der Waals surface area contributed by atoms with Gasteiger partial charge in [0, 0.05) is 0 Å². The van der Waals surface area contributed by atoms with Crippen molar-refractivity contribution in [2.75, 3.05) is 0 Å². The summed E-state index contributed by atoms with van der Waals surface area (Å²) in [7, 11) is 0. The van der Waals surface area contributed by atoms with Crippen molar-refractivity contribution < 1.29 is 0 Å². The summed E-state index contributed by atoms with van der Waals surface area (Å²) in [6.45, 7) is 12.8. The van der Waals surface area contributed by atoms with E-state index in [4.69, 9.17) is 0 Å². The van der Waals surface area contributed by atoms with Crippen molar-refractivity contribution in [1.29, 1.82) is 0 Å². The van der Waals surface area contributed by atoms with E-state index in [2.05, 4.69) is 70.7 Å². The van der Waals surface area contributed by atoms with Crippen LogP contribution in [0, 0.1) is 5.92 Å². The van der Waals surface area contributed by atoms with Gasteiger partial charge < -0.3 is 0 Å². The first-order valence-electron chi connectivity index (χ1n) is 8.50. The predicted octanol–water partition coefficient (Wildman–Crippen LogP) is 7.17. The molecular weight excluding hydrogens is 252 g/mol. The molecule has 0 aliphatic heterocycles. The molecule has 0 heterocycles. The topological polar surface area (TPSA) is 0 Å². The maximum absolute atomic E-state index is 3.85. The highest BCUT2D eigenvalue weighted by Gasteiger charge is 2.09. The van der Waals surface area contributed by atoms with Crippen molar-refractivity contribution in [3.8, 4) is 0 Å². The van der Waals surface area contributed by atoms with Gasteiger partial charge in [0.15, 0.2) is 0 Å². The van der Waals surface area contributed by atoms with Crippen molar-refractivity contribution in [1.82, 2.24) is 0 Å². The van der Waals surface area contributed by atoms with Gasteiger partial charge in [-0.25, -0.2) is 0 Å². The second-order valence-electron chi connectivity index (χ2n) is 5.52. The largest absolute Gasteiger partial charge is 0.0991 e. The van der Waals surface area contributed by atoms with E-state index in [1.54, 1.807) is 0 Å². The Kier molecular flexibility index (Phi) is 12.8. The zero-order valence-corrected chi connectivity index (χ0v) is 14.6. The van der Waals surface area contributed by atoms with Crippen molar-refractivity contribution in [2.45, 2.75) is 66.2 Å². The number of unbranched alkanes of at least 4 members (excludes halogenated alkanes) is 2. The van der Waals surface area contributed by atoms with E-state index in [0.717, 1.165) is 12.8 Å². The molecule has 1 unspecified atom stereocenters. The van der Waals surface area contributed by atoms with Crippen molar-refractivity contribution in [3.63, 3.8) is 0 Å². The van der Waals surface area contributed by atoms with E-state index in [1.807, 2.05) is 6.08 Å². The molecule has 0 saturated heterocycles. The van der Waals surface area contributed by atoms with E-state index in [-0.39, 0.29) is 0 Å². The number of hydrogen-bond donors (Lipinski definition) is 0. The monoisotopic (exact) mass is 286 g/mol. The van der Waals surface area contributed by atoms with Crippen LogP contribution in [0.15, 0.2) is 60.3 Å². The van der Waals surface area contributed by atoms with Gasteiger partial charge in [-0.2, -0.15) is 0 Å². The van der Waals surface area contributed by atoms with Crippen LogP contribution in [0.3, 0.4) is 0 Å². The normalized spacial score (nSPS) is 15.0. The van der Waals surface area contributed by atoms with Crippen LogP contribution in [0.5, 0.6) is 0 Å². The molecule has 1 atom stereocenters. The molecule has 0 spiro atoms. The van der Waals surface area contributed by atoms with Crippen molar-refractivity contribution in [2.24, 2.45) is 5.92 Å². The summed E-state index contributed by atoms with van der Waals surface area (Å²) >= 11 is 0. The second kappa shape index (κ2) is 13.7. The smallest absolute Gasteiger partial charge is 0.0190 e. The van der Waals surface area contributed by atoms with Crippen molar-refractivity contribution in [3.05, 3.63) is 60.3 Å². The summed E-state index contributed by atoms with van der Waals surface area (Å²) in [5, 5.41) is 0. The molecule has 0 aliphatic carbocycles. The highest BCUT2D eigenvalue weighted by molar-refractivity contribution is 5.35. The third kappa shape index (κ3) is 9.28. The Morgan fingerprint density at radius 2 is 1.76 bits per heavy atom. The SMILES string of the molecule is C=C/C=C(\C(=C/C)CC/C=C\C=C\CCCC)C(C)CC. The Morgan fingerprint density at radius 3 is 2.29 bits per heavy atom. The minimum atomic E-state index is 0.604. The molecule has 0 bridgehead atoms. The summed E-state index contributed by atoms with van der Waals surface area (Å²) in [4.78, 5) is 0. The quantitative estimate of drug-likeness (QED) is 0.279. The molecule has 0 aromatic rings. The fraction of sp³-hybridized carbons (Fsp3) is 0.524. The van der Waals surface area contributed by atoms with Crippen molar-refractivity contribution >= 4 is 0 Å². The molecule has 0 amide bonds. The summed E-state index contributed by atoms with van der Waals surface area (Å²) in [6.07, 6.45) is 22.4. The number of rotatable bonds is 11. The Hall–Kier alpha value is -1.30. The van der Waals surface area contributed by atoms with Crippen LogP contribution in [0.2, 0.25) is 0 Å². The summed E-state index contributed by atoms with van der Waals surface area (Å²) in [6, 6.07) is 0. The van der Waals surface area contributed by atoms with Crippen LogP contribution in [0.1, 0.15) is 66.2 Å². The van der Waals surface area contributed by atoms with Gasteiger partial charge in [0.1, 0.15) is 0 Å². The molecule has 21 heavy (non-hydrogen) atoms. The Balaban J connectivity index is 4.38. The van der Waals surface area contributed by atoms with Gasteiger partial charge in [0.25, 0.3) is 0 Å². The highest BCUT2D eigenvalue weighted by Crippen LogP contribution is 2.26. The third-order valence-electron chi connectivity index (χ3n) is 3.85. The minimum absolute atomic E-state index is 0.604. The lowest BCUT2D eigenvalue weighted by Gasteiger charge is -2.17. The van der Waals surface area contributed by atoms with Crippen LogP contribution >= 0.6 is 0 Å². The highest BCUT2D eigenvalue weighted by atomic mass is 14.1. The average Bonchev–Trinajstić information content (AvgIpc) is 2.51. The van der Waals surface area contributed by atoms with Crippen LogP contribution in [0.25, 0.3) is 0 Å².